The van der Waals surface area contributed by atoms with Crippen LogP contribution in [0.2, 0.25) is 0 Å². The molecule has 0 atom stereocenters. The Hall–Kier alpha value is -2.60. The van der Waals surface area contributed by atoms with E-state index in [4.69, 9.17) is 21.1 Å². The smallest absolute Gasteiger partial charge is 0.270 e. The molecule has 0 amide bonds. The first-order valence-corrected chi connectivity index (χ1v) is 6.19. The molecule has 0 heterocycles. The van der Waals surface area contributed by atoms with E-state index in [1.165, 1.54) is 19.2 Å². The third-order valence-electron chi connectivity index (χ3n) is 2.67. The molecule has 0 aliphatic rings. The summed E-state index contributed by atoms with van der Waals surface area (Å²) in [4.78, 5) is 21.5. The molecule has 0 saturated heterocycles. The van der Waals surface area contributed by atoms with Crippen LogP contribution in [0.15, 0.2) is 42.5 Å². The summed E-state index contributed by atoms with van der Waals surface area (Å²) < 4.78 is 10.5. The Morgan fingerprint density at radius 2 is 1.76 bits per heavy atom. The van der Waals surface area contributed by atoms with Crippen molar-refractivity contribution in [2.24, 2.45) is 0 Å². The zero-order valence-corrected chi connectivity index (χ0v) is 11.7. The Labute approximate surface area is 125 Å². The predicted octanol–water partition coefficient (Wildman–Crippen LogP) is 3.77. The van der Waals surface area contributed by atoms with Crippen molar-refractivity contribution >= 4 is 22.5 Å². The van der Waals surface area contributed by atoms with Crippen LogP contribution in [0.25, 0.3) is 0 Å². The van der Waals surface area contributed by atoms with E-state index >= 15 is 0 Å². The van der Waals surface area contributed by atoms with Gasteiger partial charge in [-0.25, -0.2) is 0 Å². The fraction of sp³-hybridized carbons (Fsp3) is 0.0714. The van der Waals surface area contributed by atoms with Gasteiger partial charge in [-0.1, -0.05) is 0 Å². The summed E-state index contributed by atoms with van der Waals surface area (Å²) >= 11 is 5.44. The van der Waals surface area contributed by atoms with Crippen molar-refractivity contribution in [3.8, 4) is 17.2 Å². The molecule has 0 N–H and O–H groups in total. The van der Waals surface area contributed by atoms with Gasteiger partial charge < -0.3 is 9.47 Å². The van der Waals surface area contributed by atoms with E-state index in [-0.39, 0.29) is 17.0 Å². The van der Waals surface area contributed by atoms with E-state index in [2.05, 4.69) is 0 Å². The average Bonchev–Trinajstić information content (AvgIpc) is 2.48. The van der Waals surface area contributed by atoms with Crippen LogP contribution in [-0.4, -0.2) is 17.3 Å². The predicted molar refractivity (Wildman–Crippen MR) is 76.3 cm³/mol. The van der Waals surface area contributed by atoms with E-state index in [0.29, 0.717) is 11.5 Å². The van der Waals surface area contributed by atoms with Crippen molar-refractivity contribution in [2.45, 2.75) is 0 Å². The van der Waals surface area contributed by atoms with Gasteiger partial charge in [-0.2, -0.15) is 0 Å². The fourth-order valence-electron chi connectivity index (χ4n) is 1.64. The summed E-state index contributed by atoms with van der Waals surface area (Å²) in [5, 5.41) is 9.88. The number of nitrogens with zero attached hydrogens (tertiary/aromatic N) is 1. The second-order valence-corrected chi connectivity index (χ2v) is 4.33. The van der Waals surface area contributed by atoms with Crippen molar-refractivity contribution in [1.82, 2.24) is 0 Å². The second-order valence-electron chi connectivity index (χ2n) is 3.99. The standard InChI is InChI=1S/C14H10ClNO5/c1-20-10-3-5-11(6-4-10)21-13-7-2-9(16(18)19)8-12(13)14(15)17/h2-8H,1H3. The van der Waals surface area contributed by atoms with Gasteiger partial charge in [0.05, 0.1) is 17.6 Å². The summed E-state index contributed by atoms with van der Waals surface area (Å²) in [6.07, 6.45) is 0. The molecule has 2 rings (SSSR count). The highest BCUT2D eigenvalue weighted by molar-refractivity contribution is 6.68. The first kappa shape index (κ1) is 14.8. The third kappa shape index (κ3) is 3.49. The van der Waals surface area contributed by atoms with Gasteiger partial charge in [0.25, 0.3) is 10.9 Å². The Kier molecular flexibility index (Phi) is 4.39. The number of carbonyl (C=O) groups excluding carboxylic acids is 1. The largest absolute Gasteiger partial charge is 0.497 e. The lowest BCUT2D eigenvalue weighted by molar-refractivity contribution is -0.384. The minimum atomic E-state index is -0.831. The van der Waals surface area contributed by atoms with E-state index in [1.54, 1.807) is 24.3 Å². The number of non-ortho nitro benzene ring substituents is 1. The summed E-state index contributed by atoms with van der Waals surface area (Å²) in [6, 6.07) is 10.3. The van der Waals surface area contributed by atoms with Crippen LogP contribution in [0.3, 0.4) is 0 Å². The van der Waals surface area contributed by atoms with E-state index in [0.717, 1.165) is 6.07 Å². The van der Waals surface area contributed by atoms with Crippen molar-refractivity contribution < 1.29 is 19.2 Å². The minimum Gasteiger partial charge on any atom is -0.497 e. The second kappa shape index (κ2) is 6.23. The Morgan fingerprint density at radius 1 is 1.14 bits per heavy atom. The van der Waals surface area contributed by atoms with Crippen LogP contribution in [0.5, 0.6) is 17.2 Å². The number of benzene rings is 2. The van der Waals surface area contributed by atoms with Crippen LogP contribution >= 0.6 is 11.6 Å². The van der Waals surface area contributed by atoms with E-state index in [1.807, 2.05) is 0 Å². The lowest BCUT2D eigenvalue weighted by Crippen LogP contribution is -1.97. The summed E-state index contributed by atoms with van der Waals surface area (Å²) in [6.45, 7) is 0. The zero-order chi connectivity index (χ0) is 15.4. The highest BCUT2D eigenvalue weighted by atomic mass is 35.5. The number of ether oxygens (including phenoxy) is 2. The average molecular weight is 308 g/mol. The molecule has 2 aromatic carbocycles. The third-order valence-corrected chi connectivity index (χ3v) is 2.88. The zero-order valence-electron chi connectivity index (χ0n) is 10.9. The maximum Gasteiger partial charge on any atom is 0.270 e. The highest BCUT2D eigenvalue weighted by Crippen LogP contribution is 2.30. The maximum absolute atomic E-state index is 11.4. The molecule has 0 bridgehead atoms. The number of methoxy groups -OCH3 is 1. The van der Waals surface area contributed by atoms with Crippen molar-refractivity contribution in [1.29, 1.82) is 0 Å². The molecule has 108 valence electrons. The van der Waals surface area contributed by atoms with Crippen LogP contribution in [0.4, 0.5) is 5.69 Å². The number of nitro groups is 1. The monoisotopic (exact) mass is 307 g/mol. The maximum atomic E-state index is 11.4. The van der Waals surface area contributed by atoms with Gasteiger partial charge >= 0.3 is 0 Å². The number of nitro benzene ring substituents is 1. The van der Waals surface area contributed by atoms with Gasteiger partial charge in [-0.15, -0.1) is 0 Å². The number of hydrogen-bond acceptors (Lipinski definition) is 5. The molecule has 0 saturated carbocycles. The SMILES string of the molecule is COc1ccc(Oc2ccc([N+](=O)[O-])cc2C(=O)Cl)cc1. The minimum absolute atomic E-state index is 0.0679. The van der Waals surface area contributed by atoms with Gasteiger partial charge in [0.1, 0.15) is 17.2 Å². The van der Waals surface area contributed by atoms with E-state index < -0.39 is 10.2 Å². The van der Waals surface area contributed by atoms with Crippen LogP contribution in [0.1, 0.15) is 10.4 Å². The van der Waals surface area contributed by atoms with Crippen LogP contribution in [0, 0.1) is 10.1 Å². The molecule has 21 heavy (non-hydrogen) atoms. The number of hydrogen-bond donors (Lipinski definition) is 0. The molecule has 0 aromatic heterocycles. The summed E-state index contributed by atoms with van der Waals surface area (Å²) in [7, 11) is 1.54. The number of rotatable bonds is 5. The molecule has 0 radical (unpaired) electrons. The molecule has 0 aliphatic carbocycles. The first-order valence-electron chi connectivity index (χ1n) is 5.81. The molecule has 7 heteroatoms. The van der Waals surface area contributed by atoms with Crippen molar-refractivity contribution in [3.63, 3.8) is 0 Å². The number of halogens is 1. The van der Waals surface area contributed by atoms with Crippen LogP contribution in [-0.2, 0) is 0 Å². The van der Waals surface area contributed by atoms with Crippen molar-refractivity contribution in [2.75, 3.05) is 7.11 Å². The van der Waals surface area contributed by atoms with Gasteiger partial charge in [-0.3, -0.25) is 14.9 Å². The van der Waals surface area contributed by atoms with Crippen molar-refractivity contribution in [3.05, 3.63) is 58.1 Å². The molecule has 0 aliphatic heterocycles. The summed E-state index contributed by atoms with van der Waals surface area (Å²) in [5.74, 6) is 1.24. The van der Waals surface area contributed by atoms with Gasteiger partial charge in [0, 0.05) is 12.1 Å². The molecular weight excluding hydrogens is 298 g/mol. The first-order chi connectivity index (χ1) is 10.0. The number of carbonyl (C=O) groups is 1. The summed E-state index contributed by atoms with van der Waals surface area (Å²) in [5.41, 5.74) is -0.303. The fourth-order valence-corrected chi connectivity index (χ4v) is 1.79. The van der Waals surface area contributed by atoms with Gasteiger partial charge in [0.15, 0.2) is 0 Å². The highest BCUT2D eigenvalue weighted by Gasteiger charge is 2.17. The lowest BCUT2D eigenvalue weighted by atomic mass is 10.2. The normalized spacial score (nSPS) is 10.0. The van der Waals surface area contributed by atoms with Gasteiger partial charge in [-0.05, 0) is 41.9 Å². The topological polar surface area (TPSA) is 78.7 Å². The lowest BCUT2D eigenvalue weighted by Gasteiger charge is -2.09. The quantitative estimate of drug-likeness (QED) is 0.477. The molecule has 0 spiro atoms. The molecule has 0 fully saturated rings. The Bertz CT molecular complexity index is 684. The molecule has 0 unspecified atom stereocenters. The Balaban J connectivity index is 2.34. The van der Waals surface area contributed by atoms with Crippen LogP contribution < -0.4 is 9.47 Å². The molecular formula is C14H10ClNO5. The van der Waals surface area contributed by atoms with E-state index in [9.17, 15) is 14.9 Å². The molecule has 6 nitrogen and oxygen atoms in total. The Morgan fingerprint density at radius 3 is 2.29 bits per heavy atom. The van der Waals surface area contributed by atoms with Gasteiger partial charge in [0.2, 0.25) is 0 Å². The molecule has 2 aromatic rings.